The summed E-state index contributed by atoms with van der Waals surface area (Å²) in [4.78, 5) is 17.1. The van der Waals surface area contributed by atoms with E-state index in [0.29, 0.717) is 11.4 Å². The van der Waals surface area contributed by atoms with Crippen molar-refractivity contribution in [1.29, 1.82) is 0 Å². The Bertz CT molecular complexity index is 799. The number of halogens is 1. The Morgan fingerprint density at radius 3 is 3.00 bits per heavy atom. The fourth-order valence-corrected chi connectivity index (χ4v) is 2.65. The number of methoxy groups -OCH3 is 1. The monoisotopic (exact) mass is 318 g/mol. The fourth-order valence-electron chi connectivity index (χ4n) is 1.94. The van der Waals surface area contributed by atoms with Crippen LogP contribution in [0, 0.1) is 5.82 Å². The van der Waals surface area contributed by atoms with E-state index in [9.17, 15) is 9.18 Å². The summed E-state index contributed by atoms with van der Waals surface area (Å²) in [6.07, 6.45) is 1.21. The number of benzene rings is 1. The normalized spacial score (nSPS) is 10.5. The molecule has 0 radical (unpaired) electrons. The summed E-state index contributed by atoms with van der Waals surface area (Å²) in [7, 11) is 1.40. The summed E-state index contributed by atoms with van der Waals surface area (Å²) in [6, 6.07) is 7.55. The van der Waals surface area contributed by atoms with Gasteiger partial charge in [0, 0.05) is 6.07 Å². The lowest BCUT2D eigenvalue weighted by atomic mass is 10.2. The van der Waals surface area contributed by atoms with E-state index < -0.39 is 11.7 Å². The van der Waals surface area contributed by atoms with Crippen LogP contribution in [-0.4, -0.2) is 18.0 Å². The number of oxazole rings is 1. The number of hydrogen-bond donors (Lipinski definition) is 1. The molecule has 2 aromatic heterocycles. The maximum atomic E-state index is 13.2. The van der Waals surface area contributed by atoms with Crippen molar-refractivity contribution in [3.05, 3.63) is 53.6 Å². The topological polar surface area (TPSA) is 64.4 Å². The zero-order chi connectivity index (χ0) is 15.5. The largest absolute Gasteiger partial charge is 0.494 e. The van der Waals surface area contributed by atoms with Gasteiger partial charge in [0.15, 0.2) is 17.8 Å². The molecule has 0 unspecified atom stereocenters. The molecule has 0 bridgehead atoms. The summed E-state index contributed by atoms with van der Waals surface area (Å²) < 4.78 is 23.5. The minimum atomic E-state index is -0.456. The molecular formula is C15H11FN2O3S. The van der Waals surface area contributed by atoms with Crippen molar-refractivity contribution in [2.75, 3.05) is 12.4 Å². The van der Waals surface area contributed by atoms with Crippen LogP contribution in [0.25, 0.3) is 10.6 Å². The van der Waals surface area contributed by atoms with Gasteiger partial charge in [-0.15, -0.1) is 11.3 Å². The molecule has 3 aromatic rings. The average molecular weight is 318 g/mol. The molecule has 7 heteroatoms. The first-order chi connectivity index (χ1) is 10.7. The lowest BCUT2D eigenvalue weighted by Gasteiger charge is -2.09. The van der Waals surface area contributed by atoms with Gasteiger partial charge in [0.2, 0.25) is 0 Å². The van der Waals surface area contributed by atoms with Crippen molar-refractivity contribution < 1.29 is 18.3 Å². The van der Waals surface area contributed by atoms with Gasteiger partial charge in [-0.25, -0.2) is 9.37 Å². The van der Waals surface area contributed by atoms with Crippen molar-refractivity contribution in [3.8, 4) is 16.4 Å². The molecule has 1 amide bonds. The molecule has 112 valence electrons. The highest BCUT2D eigenvalue weighted by atomic mass is 32.1. The molecule has 1 aromatic carbocycles. The van der Waals surface area contributed by atoms with Gasteiger partial charge < -0.3 is 14.5 Å². The second-order valence-electron chi connectivity index (χ2n) is 4.31. The van der Waals surface area contributed by atoms with Crippen LogP contribution in [0.1, 0.15) is 10.5 Å². The standard InChI is InChI=1S/C15H11FN2O3S/c1-20-11-7-9(16)4-5-10(11)18-15(19)13-14(21-8-17-13)12-3-2-6-22-12/h2-8H,1H3,(H,18,19). The van der Waals surface area contributed by atoms with E-state index >= 15 is 0 Å². The number of carbonyl (C=O) groups is 1. The third-order valence-corrected chi connectivity index (χ3v) is 3.81. The Morgan fingerprint density at radius 2 is 2.27 bits per heavy atom. The van der Waals surface area contributed by atoms with E-state index in [-0.39, 0.29) is 11.4 Å². The second-order valence-corrected chi connectivity index (χ2v) is 5.25. The highest BCUT2D eigenvalue weighted by Crippen LogP contribution is 2.29. The number of rotatable bonds is 4. The number of nitrogens with zero attached hydrogens (tertiary/aromatic N) is 1. The molecule has 0 atom stereocenters. The number of thiophene rings is 1. The smallest absolute Gasteiger partial charge is 0.278 e. The van der Waals surface area contributed by atoms with Crippen LogP contribution < -0.4 is 10.1 Å². The van der Waals surface area contributed by atoms with Gasteiger partial charge in [0.05, 0.1) is 17.7 Å². The number of hydrogen-bond acceptors (Lipinski definition) is 5. The van der Waals surface area contributed by atoms with Crippen LogP contribution in [0.4, 0.5) is 10.1 Å². The Labute approximate surface area is 129 Å². The molecule has 3 rings (SSSR count). The number of carbonyl (C=O) groups excluding carboxylic acids is 1. The van der Waals surface area contributed by atoms with Crippen LogP contribution in [0.2, 0.25) is 0 Å². The highest BCUT2D eigenvalue weighted by molar-refractivity contribution is 7.13. The minimum absolute atomic E-state index is 0.161. The number of amides is 1. The Morgan fingerprint density at radius 1 is 1.41 bits per heavy atom. The van der Waals surface area contributed by atoms with Crippen molar-refractivity contribution in [3.63, 3.8) is 0 Å². The lowest BCUT2D eigenvalue weighted by molar-refractivity contribution is 0.102. The van der Waals surface area contributed by atoms with Crippen molar-refractivity contribution >= 4 is 22.9 Å². The molecule has 5 nitrogen and oxygen atoms in total. The van der Waals surface area contributed by atoms with E-state index in [1.54, 1.807) is 0 Å². The summed E-state index contributed by atoms with van der Waals surface area (Å²) in [6.45, 7) is 0. The molecule has 0 saturated carbocycles. The van der Waals surface area contributed by atoms with Gasteiger partial charge in [-0.3, -0.25) is 4.79 Å². The summed E-state index contributed by atoms with van der Waals surface area (Å²) in [5, 5.41) is 4.52. The molecule has 0 saturated heterocycles. The molecule has 0 aliphatic carbocycles. The first-order valence-corrected chi connectivity index (χ1v) is 7.19. The van der Waals surface area contributed by atoms with E-state index in [2.05, 4.69) is 10.3 Å². The third-order valence-electron chi connectivity index (χ3n) is 2.94. The van der Waals surface area contributed by atoms with Crippen molar-refractivity contribution in [2.24, 2.45) is 0 Å². The summed E-state index contributed by atoms with van der Waals surface area (Å²) >= 11 is 1.44. The number of nitrogens with one attached hydrogen (secondary N) is 1. The first kappa shape index (κ1) is 14.3. The molecule has 1 N–H and O–H groups in total. The van der Waals surface area contributed by atoms with Crippen LogP contribution in [-0.2, 0) is 0 Å². The van der Waals surface area contributed by atoms with Gasteiger partial charge in [0.25, 0.3) is 5.91 Å². The Balaban J connectivity index is 1.89. The van der Waals surface area contributed by atoms with E-state index in [0.717, 1.165) is 4.88 Å². The molecule has 0 fully saturated rings. The zero-order valence-electron chi connectivity index (χ0n) is 11.5. The molecular weight excluding hydrogens is 307 g/mol. The van der Waals surface area contributed by atoms with Crippen molar-refractivity contribution in [2.45, 2.75) is 0 Å². The SMILES string of the molecule is COc1cc(F)ccc1NC(=O)c1ncoc1-c1cccs1. The predicted molar refractivity (Wildman–Crippen MR) is 80.7 cm³/mol. The Hall–Kier alpha value is -2.67. The van der Waals surface area contributed by atoms with Gasteiger partial charge in [-0.2, -0.15) is 0 Å². The molecule has 22 heavy (non-hydrogen) atoms. The van der Waals surface area contributed by atoms with Gasteiger partial charge in [0.1, 0.15) is 11.6 Å². The van der Waals surface area contributed by atoms with Crippen molar-refractivity contribution in [1.82, 2.24) is 4.98 Å². The zero-order valence-corrected chi connectivity index (χ0v) is 12.3. The Kier molecular flexibility index (Phi) is 3.88. The van der Waals surface area contributed by atoms with Crippen LogP contribution in [0.5, 0.6) is 5.75 Å². The van der Waals surface area contributed by atoms with E-state index in [1.165, 1.54) is 43.0 Å². The highest BCUT2D eigenvalue weighted by Gasteiger charge is 2.20. The van der Waals surface area contributed by atoms with E-state index in [4.69, 9.17) is 9.15 Å². The molecule has 0 spiro atoms. The third kappa shape index (κ3) is 2.71. The molecule has 2 heterocycles. The maximum Gasteiger partial charge on any atom is 0.278 e. The summed E-state index contributed by atoms with van der Waals surface area (Å²) in [5.41, 5.74) is 0.517. The fraction of sp³-hybridized carbons (Fsp3) is 0.0667. The van der Waals surface area contributed by atoms with Gasteiger partial charge >= 0.3 is 0 Å². The van der Waals surface area contributed by atoms with Gasteiger partial charge in [-0.05, 0) is 23.6 Å². The van der Waals surface area contributed by atoms with E-state index in [1.807, 2.05) is 17.5 Å². The number of aromatic nitrogens is 1. The minimum Gasteiger partial charge on any atom is -0.494 e. The number of anilines is 1. The van der Waals surface area contributed by atoms with Crippen LogP contribution >= 0.6 is 11.3 Å². The molecule has 0 aliphatic heterocycles. The van der Waals surface area contributed by atoms with Crippen LogP contribution in [0.15, 0.2) is 46.5 Å². The number of ether oxygens (including phenoxy) is 1. The molecule has 0 aliphatic rings. The predicted octanol–water partition coefficient (Wildman–Crippen LogP) is 3.80. The summed E-state index contributed by atoms with van der Waals surface area (Å²) in [5.74, 6) is -0.277. The maximum absolute atomic E-state index is 13.2. The second kappa shape index (κ2) is 5.98. The average Bonchev–Trinajstić information content (AvgIpc) is 3.19. The quantitative estimate of drug-likeness (QED) is 0.794. The first-order valence-electron chi connectivity index (χ1n) is 6.31. The van der Waals surface area contributed by atoms with Gasteiger partial charge in [-0.1, -0.05) is 6.07 Å². The van der Waals surface area contributed by atoms with Crippen LogP contribution in [0.3, 0.4) is 0 Å². The lowest BCUT2D eigenvalue weighted by Crippen LogP contribution is -2.14.